The molecule has 13 heteroatoms. The Bertz CT molecular complexity index is 930. The summed E-state index contributed by atoms with van der Waals surface area (Å²) >= 11 is 0.737. The number of amides is 3. The van der Waals surface area contributed by atoms with Crippen LogP contribution in [0.3, 0.4) is 0 Å². The van der Waals surface area contributed by atoms with Crippen LogP contribution in [0.25, 0.3) is 0 Å². The predicted molar refractivity (Wildman–Crippen MR) is 118 cm³/mol. The molecule has 2 rings (SSSR count). The fourth-order valence-corrected chi connectivity index (χ4v) is 3.69. The van der Waals surface area contributed by atoms with Crippen molar-refractivity contribution in [3.63, 3.8) is 0 Å². The molecule has 0 aliphatic carbocycles. The second-order valence-corrected chi connectivity index (χ2v) is 7.85. The van der Waals surface area contributed by atoms with Gasteiger partial charge in [-0.2, -0.15) is 4.37 Å². The predicted octanol–water partition coefficient (Wildman–Crippen LogP) is 1.21. The van der Waals surface area contributed by atoms with Crippen LogP contribution in [0.15, 0.2) is 12.1 Å². The van der Waals surface area contributed by atoms with Crippen molar-refractivity contribution in [2.45, 2.75) is 20.0 Å². The molecule has 3 amide bonds. The molecule has 6 N–H and O–H groups in total. The summed E-state index contributed by atoms with van der Waals surface area (Å²) in [7, 11) is 0. The van der Waals surface area contributed by atoms with Crippen molar-refractivity contribution in [3.05, 3.63) is 40.5 Å². The molecule has 1 aromatic carbocycles. The van der Waals surface area contributed by atoms with Gasteiger partial charge in [0.05, 0.1) is 18.8 Å². The van der Waals surface area contributed by atoms with Gasteiger partial charge in [0.2, 0.25) is 5.88 Å². The average molecular weight is 488 g/mol. The number of hydrogen-bond acceptors (Lipinski definition) is 8. The Morgan fingerprint density at radius 1 is 1.18 bits per heavy atom. The average Bonchev–Trinajstić information content (AvgIpc) is 3.13. The van der Waals surface area contributed by atoms with E-state index in [9.17, 15) is 18.4 Å². The van der Waals surface area contributed by atoms with Gasteiger partial charge in [-0.3, -0.25) is 15.0 Å². The Kier molecular flexibility index (Phi) is 10.4. The van der Waals surface area contributed by atoms with E-state index in [1.54, 1.807) is 6.92 Å². The number of nitrogens with two attached hydrogens (primary N) is 1. The highest BCUT2D eigenvalue weighted by molar-refractivity contribution is 7.11. The number of aliphatic hydroxyl groups excluding tert-OH is 2. The minimum atomic E-state index is -0.928. The Balaban J connectivity index is 1.94. The van der Waals surface area contributed by atoms with Crippen LogP contribution in [0.4, 0.5) is 18.6 Å². The van der Waals surface area contributed by atoms with Gasteiger partial charge >= 0.3 is 6.03 Å². The molecular formula is C20H27F2N5O5S. The number of rotatable bonds is 13. The van der Waals surface area contributed by atoms with Crippen LogP contribution < -0.4 is 21.1 Å². The van der Waals surface area contributed by atoms with Gasteiger partial charge in [-0.25, -0.2) is 13.6 Å². The molecule has 0 fully saturated rings. The molecule has 0 atom stereocenters. The maximum absolute atomic E-state index is 14.0. The highest BCUT2D eigenvalue weighted by Crippen LogP contribution is 2.31. The van der Waals surface area contributed by atoms with Gasteiger partial charge in [-0.15, -0.1) is 0 Å². The summed E-state index contributed by atoms with van der Waals surface area (Å²) in [5.41, 5.74) is 5.25. The van der Waals surface area contributed by atoms with Crippen molar-refractivity contribution >= 4 is 28.5 Å². The van der Waals surface area contributed by atoms with Crippen LogP contribution in [0.2, 0.25) is 0 Å². The molecule has 0 bridgehead atoms. The fraction of sp³-hybridized carbons (Fsp3) is 0.450. The molecule has 0 unspecified atom stereocenters. The van der Waals surface area contributed by atoms with Gasteiger partial charge in [0.15, 0.2) is 0 Å². The highest BCUT2D eigenvalue weighted by Gasteiger charge is 2.23. The molecule has 0 aliphatic rings. The van der Waals surface area contributed by atoms with Crippen LogP contribution in [-0.4, -0.2) is 70.8 Å². The number of hydrogen-bond donors (Lipinski definition) is 5. The molecule has 182 valence electrons. The Hall–Kier alpha value is -2.87. The number of aromatic nitrogens is 1. The summed E-state index contributed by atoms with van der Waals surface area (Å²) in [6, 6.07) is 1.70. The number of carbonyl (C=O) groups excluding carboxylic acids is 2. The second kappa shape index (κ2) is 13.0. The number of aliphatic hydroxyl groups is 2. The zero-order valence-electron chi connectivity index (χ0n) is 18.1. The van der Waals surface area contributed by atoms with Crippen molar-refractivity contribution in [1.82, 2.24) is 14.6 Å². The molecule has 1 aromatic heterocycles. The van der Waals surface area contributed by atoms with E-state index in [2.05, 4.69) is 15.0 Å². The van der Waals surface area contributed by atoms with Gasteiger partial charge < -0.3 is 26.0 Å². The topological polar surface area (TPSA) is 150 Å². The van der Waals surface area contributed by atoms with Gasteiger partial charge in [-0.1, -0.05) is 0 Å². The lowest BCUT2D eigenvalue weighted by molar-refractivity contribution is 0.0996. The maximum atomic E-state index is 14.0. The third-order valence-corrected chi connectivity index (χ3v) is 5.29. The standard InChI is InChI=1S/C20H27F2N5O5S/c1-12-9-14(21)13(15(22)10-12)11-32-18-16(17(23)30)19(33-26-18)25-20(31)24-3-2-4-27(5-7-28)6-8-29/h9-10,28-29H,2-8,11H2,1H3,(H2,23,30)(H2,24,25,31). The van der Waals surface area contributed by atoms with Crippen LogP contribution in [0, 0.1) is 18.6 Å². The van der Waals surface area contributed by atoms with E-state index in [0.717, 1.165) is 23.7 Å². The van der Waals surface area contributed by atoms with Gasteiger partial charge in [0, 0.05) is 19.6 Å². The van der Waals surface area contributed by atoms with Gasteiger partial charge in [-0.05, 0) is 49.1 Å². The first-order chi connectivity index (χ1) is 15.8. The third-order valence-electron chi connectivity index (χ3n) is 4.54. The summed E-state index contributed by atoms with van der Waals surface area (Å²) in [5.74, 6) is -2.76. The lowest BCUT2D eigenvalue weighted by atomic mass is 10.1. The van der Waals surface area contributed by atoms with E-state index in [1.807, 2.05) is 4.90 Å². The smallest absolute Gasteiger partial charge is 0.319 e. The molecule has 10 nitrogen and oxygen atoms in total. The lowest BCUT2D eigenvalue weighted by Gasteiger charge is -2.19. The zero-order chi connectivity index (χ0) is 24.4. The molecular weight excluding hydrogens is 460 g/mol. The first-order valence-electron chi connectivity index (χ1n) is 10.1. The fourth-order valence-electron chi connectivity index (χ4n) is 2.95. The number of halogens is 2. The summed E-state index contributed by atoms with van der Waals surface area (Å²) < 4.78 is 37.3. The SMILES string of the molecule is Cc1cc(F)c(COc2nsc(NC(=O)NCCCN(CCO)CCO)c2C(N)=O)c(F)c1. The van der Waals surface area contributed by atoms with Crippen LogP contribution in [-0.2, 0) is 6.61 Å². The van der Waals surface area contributed by atoms with Crippen molar-refractivity contribution in [2.24, 2.45) is 5.73 Å². The number of benzene rings is 1. The molecule has 0 radical (unpaired) electrons. The third kappa shape index (κ3) is 7.89. The number of nitrogens with one attached hydrogen (secondary N) is 2. The number of primary amides is 1. The molecule has 0 spiro atoms. The molecule has 0 saturated carbocycles. The second-order valence-electron chi connectivity index (χ2n) is 7.08. The Morgan fingerprint density at radius 3 is 2.39 bits per heavy atom. The summed E-state index contributed by atoms with van der Waals surface area (Å²) in [4.78, 5) is 25.9. The minimum Gasteiger partial charge on any atom is -0.471 e. The van der Waals surface area contributed by atoms with Crippen LogP contribution in [0.5, 0.6) is 5.88 Å². The maximum Gasteiger partial charge on any atom is 0.319 e. The van der Waals surface area contributed by atoms with Crippen molar-refractivity contribution in [1.29, 1.82) is 0 Å². The summed E-state index contributed by atoms with van der Waals surface area (Å²) in [6.45, 7) is 2.62. The first kappa shape index (κ1) is 26.4. The lowest BCUT2D eigenvalue weighted by Crippen LogP contribution is -2.35. The van der Waals surface area contributed by atoms with E-state index >= 15 is 0 Å². The van der Waals surface area contributed by atoms with E-state index in [-0.39, 0.29) is 35.2 Å². The van der Waals surface area contributed by atoms with E-state index in [0.29, 0.717) is 38.2 Å². The number of anilines is 1. The number of carbonyl (C=O) groups is 2. The Morgan fingerprint density at radius 2 is 1.82 bits per heavy atom. The number of nitrogens with zero attached hydrogens (tertiary/aromatic N) is 2. The number of aryl methyl sites for hydroxylation is 1. The monoisotopic (exact) mass is 487 g/mol. The van der Waals surface area contributed by atoms with Gasteiger partial charge in [0.1, 0.15) is 28.8 Å². The number of urea groups is 1. The number of ether oxygens (including phenoxy) is 1. The van der Waals surface area contributed by atoms with Gasteiger partial charge in [0.25, 0.3) is 5.91 Å². The normalized spacial score (nSPS) is 11.0. The highest BCUT2D eigenvalue weighted by atomic mass is 32.1. The zero-order valence-corrected chi connectivity index (χ0v) is 18.9. The van der Waals surface area contributed by atoms with Crippen LogP contribution in [0.1, 0.15) is 27.9 Å². The molecule has 0 saturated heterocycles. The van der Waals surface area contributed by atoms with E-state index in [4.69, 9.17) is 20.7 Å². The van der Waals surface area contributed by atoms with E-state index < -0.39 is 30.2 Å². The first-order valence-corrected chi connectivity index (χ1v) is 10.9. The molecule has 0 aliphatic heterocycles. The summed E-state index contributed by atoms with van der Waals surface area (Å²) in [5, 5.41) is 23.1. The molecule has 33 heavy (non-hydrogen) atoms. The largest absolute Gasteiger partial charge is 0.471 e. The van der Waals surface area contributed by atoms with Crippen molar-refractivity contribution in [3.8, 4) is 5.88 Å². The quantitative estimate of drug-likeness (QED) is 0.267. The van der Waals surface area contributed by atoms with Crippen LogP contribution >= 0.6 is 11.5 Å². The van der Waals surface area contributed by atoms with Crippen molar-refractivity contribution in [2.75, 3.05) is 44.7 Å². The minimum absolute atomic E-state index is 0.0297. The van der Waals surface area contributed by atoms with Crippen molar-refractivity contribution < 1.29 is 33.3 Å². The Labute approximate surface area is 193 Å². The van der Waals surface area contributed by atoms with E-state index in [1.165, 1.54) is 0 Å². The molecule has 2 aromatic rings. The summed E-state index contributed by atoms with van der Waals surface area (Å²) in [6.07, 6.45) is 0.556. The molecule has 1 heterocycles.